The van der Waals surface area contributed by atoms with Crippen molar-refractivity contribution in [2.45, 2.75) is 32.7 Å². The van der Waals surface area contributed by atoms with E-state index in [9.17, 15) is 14.9 Å². The van der Waals surface area contributed by atoms with E-state index in [0.29, 0.717) is 19.0 Å². The molecule has 22 heavy (non-hydrogen) atoms. The largest absolute Gasteiger partial charge is 0.338 e. The highest BCUT2D eigenvalue weighted by Crippen LogP contribution is 2.25. The minimum atomic E-state index is -0.499. The number of piperidine rings is 1. The Morgan fingerprint density at radius 2 is 2.00 bits per heavy atom. The summed E-state index contributed by atoms with van der Waals surface area (Å²) in [5.41, 5.74) is 6.79. The van der Waals surface area contributed by atoms with Crippen LogP contribution in [0.1, 0.15) is 35.7 Å². The first-order chi connectivity index (χ1) is 9.90. The zero-order valence-electron chi connectivity index (χ0n) is 12.8. The van der Waals surface area contributed by atoms with Gasteiger partial charge in [-0.1, -0.05) is 6.07 Å². The lowest BCUT2D eigenvalue weighted by molar-refractivity contribution is -0.385. The molecule has 1 atom stereocenters. The number of rotatable bonds is 3. The highest BCUT2D eigenvalue weighted by atomic mass is 35.5. The van der Waals surface area contributed by atoms with Crippen molar-refractivity contribution in [1.29, 1.82) is 0 Å². The van der Waals surface area contributed by atoms with Gasteiger partial charge in [-0.3, -0.25) is 14.9 Å². The molecule has 0 saturated carbocycles. The van der Waals surface area contributed by atoms with Gasteiger partial charge in [-0.25, -0.2) is 0 Å². The molecule has 0 aromatic heterocycles. The standard InChI is InChI=1S/C15H21N3O3.ClH/c1-10-3-4-14(18(20)21)13(9-10)15(19)17-7-5-12(6-8-17)11(2)16;/h3-4,9,11-12H,5-8,16H2,1-2H3;1H. The lowest BCUT2D eigenvalue weighted by Crippen LogP contribution is -2.42. The first-order valence-electron chi connectivity index (χ1n) is 7.20. The maximum absolute atomic E-state index is 12.5. The van der Waals surface area contributed by atoms with Crippen molar-refractivity contribution in [1.82, 2.24) is 4.90 Å². The molecule has 1 aromatic rings. The van der Waals surface area contributed by atoms with Gasteiger partial charge in [0.05, 0.1) is 4.92 Å². The van der Waals surface area contributed by atoms with Crippen LogP contribution in [0.15, 0.2) is 18.2 Å². The third-order valence-corrected chi connectivity index (χ3v) is 4.15. The minimum Gasteiger partial charge on any atom is -0.338 e. The summed E-state index contributed by atoms with van der Waals surface area (Å²) in [6.45, 7) is 5.02. The smallest absolute Gasteiger partial charge is 0.282 e. The Morgan fingerprint density at radius 1 is 1.41 bits per heavy atom. The van der Waals surface area contributed by atoms with E-state index in [1.807, 2.05) is 13.8 Å². The fourth-order valence-corrected chi connectivity index (χ4v) is 2.78. The molecule has 1 aliphatic heterocycles. The fourth-order valence-electron chi connectivity index (χ4n) is 2.78. The Labute approximate surface area is 136 Å². The van der Waals surface area contributed by atoms with Crippen LogP contribution in [-0.4, -0.2) is 34.9 Å². The highest BCUT2D eigenvalue weighted by Gasteiger charge is 2.29. The second-order valence-corrected chi connectivity index (χ2v) is 5.77. The Kier molecular flexibility index (Phi) is 6.32. The molecule has 2 rings (SSSR count). The summed E-state index contributed by atoms with van der Waals surface area (Å²) in [7, 11) is 0. The summed E-state index contributed by atoms with van der Waals surface area (Å²) in [4.78, 5) is 24.8. The normalized spacial score (nSPS) is 16.8. The number of nitrogens with zero attached hydrogens (tertiary/aromatic N) is 2. The summed E-state index contributed by atoms with van der Waals surface area (Å²) in [5, 5.41) is 11.1. The molecule has 7 heteroatoms. The average molecular weight is 328 g/mol. The van der Waals surface area contributed by atoms with Gasteiger partial charge in [-0.15, -0.1) is 12.4 Å². The quantitative estimate of drug-likeness (QED) is 0.682. The van der Waals surface area contributed by atoms with Crippen molar-refractivity contribution >= 4 is 24.0 Å². The van der Waals surface area contributed by atoms with Gasteiger partial charge in [0.2, 0.25) is 0 Å². The van der Waals surface area contributed by atoms with Gasteiger partial charge in [0.25, 0.3) is 11.6 Å². The topological polar surface area (TPSA) is 89.5 Å². The zero-order chi connectivity index (χ0) is 15.6. The van der Waals surface area contributed by atoms with Crippen molar-refractivity contribution in [3.8, 4) is 0 Å². The molecule has 1 saturated heterocycles. The molecule has 0 spiro atoms. The van der Waals surface area contributed by atoms with Gasteiger partial charge >= 0.3 is 0 Å². The number of carbonyl (C=O) groups excluding carboxylic acids is 1. The Morgan fingerprint density at radius 3 is 2.50 bits per heavy atom. The lowest BCUT2D eigenvalue weighted by atomic mass is 9.90. The van der Waals surface area contributed by atoms with Crippen LogP contribution >= 0.6 is 12.4 Å². The predicted octanol–water partition coefficient (Wildman–Crippen LogP) is 2.52. The van der Waals surface area contributed by atoms with Crippen LogP contribution in [0, 0.1) is 23.0 Å². The molecule has 0 bridgehead atoms. The lowest BCUT2D eigenvalue weighted by Gasteiger charge is -2.33. The molecule has 2 N–H and O–H groups in total. The molecule has 1 heterocycles. The molecule has 1 aromatic carbocycles. The number of hydrogen-bond donors (Lipinski definition) is 1. The summed E-state index contributed by atoms with van der Waals surface area (Å²) >= 11 is 0. The van der Waals surface area contributed by atoms with E-state index < -0.39 is 4.92 Å². The van der Waals surface area contributed by atoms with Crippen molar-refractivity contribution in [3.05, 3.63) is 39.4 Å². The number of halogens is 1. The van der Waals surface area contributed by atoms with E-state index in [4.69, 9.17) is 5.73 Å². The van der Waals surface area contributed by atoms with Gasteiger partial charge in [-0.2, -0.15) is 0 Å². The fraction of sp³-hybridized carbons (Fsp3) is 0.533. The maximum Gasteiger partial charge on any atom is 0.282 e. The van der Waals surface area contributed by atoms with Crippen LogP contribution < -0.4 is 5.73 Å². The van der Waals surface area contributed by atoms with Crippen LogP contribution in [0.25, 0.3) is 0 Å². The van der Waals surface area contributed by atoms with Gasteiger partial charge in [0.1, 0.15) is 5.56 Å². The Hall–Kier alpha value is -1.66. The molecular formula is C15H22ClN3O3. The number of aryl methyl sites for hydroxylation is 1. The molecule has 1 fully saturated rings. The Balaban J connectivity index is 0.00000242. The summed E-state index contributed by atoms with van der Waals surface area (Å²) in [6, 6.07) is 4.77. The van der Waals surface area contributed by atoms with Crippen LogP contribution in [0.4, 0.5) is 5.69 Å². The van der Waals surface area contributed by atoms with Crippen molar-refractivity contribution < 1.29 is 9.72 Å². The molecule has 6 nitrogen and oxygen atoms in total. The number of nitrogens with two attached hydrogens (primary N) is 1. The van der Waals surface area contributed by atoms with E-state index in [0.717, 1.165) is 18.4 Å². The van der Waals surface area contributed by atoms with E-state index in [-0.39, 0.29) is 35.6 Å². The van der Waals surface area contributed by atoms with E-state index in [2.05, 4.69) is 0 Å². The van der Waals surface area contributed by atoms with Crippen LogP contribution in [0.5, 0.6) is 0 Å². The molecular weight excluding hydrogens is 306 g/mol. The number of likely N-dealkylation sites (tertiary alicyclic amines) is 1. The van der Waals surface area contributed by atoms with Gasteiger partial charge in [0, 0.05) is 25.2 Å². The van der Waals surface area contributed by atoms with E-state index in [1.54, 1.807) is 17.0 Å². The molecule has 0 radical (unpaired) electrons. The zero-order valence-corrected chi connectivity index (χ0v) is 13.6. The number of carbonyl (C=O) groups is 1. The van der Waals surface area contributed by atoms with Crippen LogP contribution in [0.3, 0.4) is 0 Å². The molecule has 1 amide bonds. The van der Waals surface area contributed by atoms with Crippen LogP contribution in [0.2, 0.25) is 0 Å². The van der Waals surface area contributed by atoms with E-state index >= 15 is 0 Å². The maximum atomic E-state index is 12.5. The van der Waals surface area contributed by atoms with Crippen molar-refractivity contribution in [2.75, 3.05) is 13.1 Å². The number of amides is 1. The monoisotopic (exact) mass is 327 g/mol. The van der Waals surface area contributed by atoms with Gasteiger partial charge in [-0.05, 0) is 44.2 Å². The molecule has 122 valence electrons. The predicted molar refractivity (Wildman–Crippen MR) is 87.4 cm³/mol. The number of nitro benzene ring substituents is 1. The van der Waals surface area contributed by atoms with Gasteiger partial charge < -0.3 is 10.6 Å². The van der Waals surface area contributed by atoms with Crippen LogP contribution in [-0.2, 0) is 0 Å². The molecule has 1 unspecified atom stereocenters. The number of nitro groups is 1. The Bertz CT molecular complexity index is 555. The highest BCUT2D eigenvalue weighted by molar-refractivity contribution is 5.98. The van der Waals surface area contributed by atoms with E-state index in [1.165, 1.54) is 6.07 Å². The summed E-state index contributed by atoms with van der Waals surface area (Å²) < 4.78 is 0. The molecule has 1 aliphatic rings. The minimum absolute atomic E-state index is 0. The average Bonchev–Trinajstić information content (AvgIpc) is 2.46. The van der Waals surface area contributed by atoms with Gasteiger partial charge in [0.15, 0.2) is 0 Å². The first-order valence-corrected chi connectivity index (χ1v) is 7.20. The van der Waals surface area contributed by atoms with Crippen molar-refractivity contribution in [3.63, 3.8) is 0 Å². The summed E-state index contributed by atoms with van der Waals surface area (Å²) in [6.07, 6.45) is 1.70. The number of benzene rings is 1. The third-order valence-electron chi connectivity index (χ3n) is 4.15. The second kappa shape index (κ2) is 7.56. The summed E-state index contributed by atoms with van der Waals surface area (Å²) in [5.74, 6) is 0.162. The third kappa shape index (κ3) is 3.96. The van der Waals surface area contributed by atoms with Crippen molar-refractivity contribution in [2.24, 2.45) is 11.7 Å². The number of hydrogen-bond acceptors (Lipinski definition) is 4. The first kappa shape index (κ1) is 18.4. The molecule has 0 aliphatic carbocycles. The SMILES string of the molecule is Cc1ccc([N+](=O)[O-])c(C(=O)N2CCC(C(C)N)CC2)c1.Cl. The second-order valence-electron chi connectivity index (χ2n) is 5.77.